The Bertz CT molecular complexity index is 430. The topological polar surface area (TPSA) is 30.5 Å². The van der Waals surface area contributed by atoms with Gasteiger partial charge in [-0.05, 0) is 37.4 Å². The maximum atomic E-state index is 13.6. The lowest BCUT2D eigenvalue weighted by Crippen LogP contribution is -2.35. The lowest BCUT2D eigenvalue weighted by Gasteiger charge is -2.26. The molecular formula is C14H18FNO2. The predicted molar refractivity (Wildman–Crippen MR) is 66.7 cm³/mol. The number of rotatable bonds is 2. The van der Waals surface area contributed by atoms with E-state index in [1.165, 1.54) is 25.3 Å². The van der Waals surface area contributed by atoms with Crippen LogP contribution in [0.4, 0.5) is 4.39 Å². The van der Waals surface area contributed by atoms with E-state index in [2.05, 4.69) is 5.32 Å². The van der Waals surface area contributed by atoms with E-state index in [0.29, 0.717) is 25.0 Å². The van der Waals surface area contributed by atoms with Gasteiger partial charge in [-0.2, -0.15) is 0 Å². The summed E-state index contributed by atoms with van der Waals surface area (Å²) in [6, 6.07) is 3.77. The molecule has 1 aromatic carbocycles. The fourth-order valence-corrected chi connectivity index (χ4v) is 2.68. The van der Waals surface area contributed by atoms with E-state index in [-0.39, 0.29) is 11.6 Å². The van der Waals surface area contributed by atoms with Gasteiger partial charge in [-0.1, -0.05) is 12.5 Å². The molecule has 0 saturated carbocycles. The molecule has 1 fully saturated rings. The number of nitrogens with one attached hydrogen (secondary N) is 1. The fraction of sp³-hybridized carbons (Fsp3) is 0.571. The van der Waals surface area contributed by atoms with Crippen molar-refractivity contribution in [3.63, 3.8) is 0 Å². The Hall–Kier alpha value is -1.29. The van der Waals surface area contributed by atoms with Gasteiger partial charge in [-0.15, -0.1) is 0 Å². The van der Waals surface area contributed by atoms with Crippen molar-refractivity contribution in [2.75, 3.05) is 19.8 Å². The van der Waals surface area contributed by atoms with E-state index in [0.717, 1.165) is 18.5 Å². The summed E-state index contributed by atoms with van der Waals surface area (Å²) in [4.78, 5) is 0. The lowest BCUT2D eigenvalue weighted by molar-refractivity contribution is 0.162. The van der Waals surface area contributed by atoms with Crippen molar-refractivity contribution in [1.29, 1.82) is 0 Å². The summed E-state index contributed by atoms with van der Waals surface area (Å²) < 4.78 is 24.6. The zero-order chi connectivity index (χ0) is 12.4. The van der Waals surface area contributed by atoms with Gasteiger partial charge < -0.3 is 14.8 Å². The lowest BCUT2D eigenvalue weighted by atomic mass is 9.97. The molecule has 2 heterocycles. The molecule has 1 aromatic rings. The second kappa shape index (κ2) is 5.14. The van der Waals surface area contributed by atoms with E-state index in [9.17, 15) is 4.39 Å². The molecule has 2 aliphatic rings. The molecule has 0 spiro atoms. The van der Waals surface area contributed by atoms with Crippen LogP contribution in [0.25, 0.3) is 0 Å². The van der Waals surface area contributed by atoms with Crippen molar-refractivity contribution in [2.45, 2.75) is 31.7 Å². The van der Waals surface area contributed by atoms with Crippen LogP contribution in [0.5, 0.6) is 11.5 Å². The number of halogens is 1. The highest BCUT2D eigenvalue weighted by molar-refractivity contribution is 5.48. The minimum atomic E-state index is -0.329. The van der Waals surface area contributed by atoms with Crippen LogP contribution in [0, 0.1) is 5.82 Å². The quantitative estimate of drug-likeness (QED) is 0.874. The van der Waals surface area contributed by atoms with E-state index in [1.54, 1.807) is 0 Å². The van der Waals surface area contributed by atoms with Gasteiger partial charge in [0, 0.05) is 6.04 Å². The molecule has 3 nitrogen and oxygen atoms in total. The van der Waals surface area contributed by atoms with Crippen LogP contribution < -0.4 is 14.8 Å². The fourth-order valence-electron chi connectivity index (χ4n) is 2.68. The van der Waals surface area contributed by atoms with Crippen LogP contribution in [-0.4, -0.2) is 25.8 Å². The van der Waals surface area contributed by atoms with Crippen molar-refractivity contribution in [3.05, 3.63) is 23.5 Å². The normalized spacial score (nSPS) is 22.8. The van der Waals surface area contributed by atoms with Crippen LogP contribution in [-0.2, 0) is 6.42 Å². The molecule has 2 aliphatic heterocycles. The Morgan fingerprint density at radius 1 is 1.17 bits per heavy atom. The summed E-state index contributed by atoms with van der Waals surface area (Å²) in [5, 5.41) is 3.50. The molecule has 1 N–H and O–H groups in total. The molecule has 0 amide bonds. The molecule has 0 aromatic heterocycles. The molecule has 0 bridgehead atoms. The third-order valence-corrected chi connectivity index (χ3v) is 3.60. The van der Waals surface area contributed by atoms with Gasteiger partial charge in [-0.3, -0.25) is 0 Å². The Labute approximate surface area is 106 Å². The van der Waals surface area contributed by atoms with Crippen LogP contribution in [0.1, 0.15) is 24.8 Å². The van der Waals surface area contributed by atoms with Gasteiger partial charge in [0.25, 0.3) is 0 Å². The van der Waals surface area contributed by atoms with Gasteiger partial charge in [0.1, 0.15) is 13.2 Å². The Morgan fingerprint density at radius 2 is 2.00 bits per heavy atom. The smallest absolute Gasteiger partial charge is 0.197 e. The Kier molecular flexibility index (Phi) is 3.37. The number of benzene rings is 1. The molecule has 98 valence electrons. The van der Waals surface area contributed by atoms with Crippen LogP contribution in [0.3, 0.4) is 0 Å². The maximum absolute atomic E-state index is 13.6. The minimum Gasteiger partial charge on any atom is -0.486 e. The van der Waals surface area contributed by atoms with Gasteiger partial charge >= 0.3 is 0 Å². The first-order valence-electron chi connectivity index (χ1n) is 6.65. The first-order chi connectivity index (χ1) is 8.84. The zero-order valence-electron chi connectivity index (χ0n) is 10.4. The zero-order valence-corrected chi connectivity index (χ0v) is 10.4. The molecule has 3 rings (SSSR count). The minimum absolute atomic E-state index is 0.287. The first-order valence-corrected chi connectivity index (χ1v) is 6.65. The molecular weight excluding hydrogens is 233 g/mol. The molecule has 0 radical (unpaired) electrons. The van der Waals surface area contributed by atoms with Gasteiger partial charge in [-0.25, -0.2) is 4.39 Å². The van der Waals surface area contributed by atoms with Crippen LogP contribution in [0.2, 0.25) is 0 Å². The molecule has 1 saturated heterocycles. The highest BCUT2D eigenvalue weighted by Gasteiger charge is 2.22. The summed E-state index contributed by atoms with van der Waals surface area (Å²) in [6.45, 7) is 2.00. The van der Waals surface area contributed by atoms with Crippen molar-refractivity contribution >= 4 is 0 Å². The second-order valence-corrected chi connectivity index (χ2v) is 4.91. The monoisotopic (exact) mass is 251 g/mol. The predicted octanol–water partition coefficient (Wildman–Crippen LogP) is 2.28. The van der Waals surface area contributed by atoms with Crippen molar-refractivity contribution in [3.8, 4) is 11.5 Å². The number of piperidine rings is 1. The maximum Gasteiger partial charge on any atom is 0.197 e. The SMILES string of the molecule is Fc1ccc(CC2CCCCN2)c2c1OCCO2. The number of ether oxygens (including phenoxy) is 2. The standard InChI is InChI=1S/C14H18FNO2/c15-12-5-4-10(9-11-3-1-2-6-16-11)13-14(12)18-8-7-17-13/h4-5,11,16H,1-3,6-9H2. The van der Waals surface area contributed by atoms with Crippen LogP contribution in [0.15, 0.2) is 12.1 Å². The summed E-state index contributed by atoms with van der Waals surface area (Å²) in [7, 11) is 0. The van der Waals surface area contributed by atoms with Crippen molar-refractivity contribution in [2.24, 2.45) is 0 Å². The van der Waals surface area contributed by atoms with Gasteiger partial charge in [0.2, 0.25) is 0 Å². The summed E-state index contributed by atoms with van der Waals surface area (Å²) in [5.41, 5.74) is 1.05. The molecule has 18 heavy (non-hydrogen) atoms. The average Bonchev–Trinajstić information content (AvgIpc) is 2.44. The van der Waals surface area contributed by atoms with Crippen molar-refractivity contribution < 1.29 is 13.9 Å². The summed E-state index contributed by atoms with van der Waals surface area (Å²) in [6.07, 6.45) is 4.56. The van der Waals surface area contributed by atoms with E-state index in [4.69, 9.17) is 9.47 Å². The highest BCUT2D eigenvalue weighted by atomic mass is 19.1. The molecule has 1 atom stereocenters. The summed E-state index contributed by atoms with van der Waals surface area (Å²) in [5.74, 6) is 0.563. The van der Waals surface area contributed by atoms with E-state index in [1.807, 2.05) is 6.07 Å². The van der Waals surface area contributed by atoms with Crippen molar-refractivity contribution in [1.82, 2.24) is 5.32 Å². The number of hydrogen-bond acceptors (Lipinski definition) is 3. The Balaban J connectivity index is 1.82. The largest absolute Gasteiger partial charge is 0.486 e. The number of hydrogen-bond donors (Lipinski definition) is 1. The average molecular weight is 251 g/mol. The van der Waals surface area contributed by atoms with Gasteiger partial charge in [0.05, 0.1) is 0 Å². The first kappa shape index (κ1) is 11.8. The molecule has 1 unspecified atom stereocenters. The summed E-state index contributed by atoms with van der Waals surface area (Å²) >= 11 is 0. The third kappa shape index (κ3) is 2.29. The number of fused-ring (bicyclic) bond motifs is 1. The van der Waals surface area contributed by atoms with E-state index < -0.39 is 0 Å². The third-order valence-electron chi connectivity index (χ3n) is 3.60. The van der Waals surface area contributed by atoms with Gasteiger partial charge in [0.15, 0.2) is 17.3 Å². The highest BCUT2D eigenvalue weighted by Crippen LogP contribution is 2.37. The van der Waals surface area contributed by atoms with Crippen LogP contribution >= 0.6 is 0 Å². The molecule has 0 aliphatic carbocycles. The second-order valence-electron chi connectivity index (χ2n) is 4.91. The van der Waals surface area contributed by atoms with E-state index >= 15 is 0 Å². The molecule has 4 heteroatoms. The Morgan fingerprint density at radius 3 is 2.78 bits per heavy atom.